The van der Waals surface area contributed by atoms with Crippen molar-refractivity contribution in [3.8, 4) is 17.2 Å². The van der Waals surface area contributed by atoms with E-state index in [1.807, 2.05) is 11.5 Å². The van der Waals surface area contributed by atoms with Crippen molar-refractivity contribution in [1.29, 1.82) is 0 Å². The van der Waals surface area contributed by atoms with E-state index >= 15 is 0 Å². The predicted octanol–water partition coefficient (Wildman–Crippen LogP) is 3.22. The van der Waals surface area contributed by atoms with E-state index in [0.29, 0.717) is 22.9 Å². The van der Waals surface area contributed by atoms with Crippen LogP contribution in [0, 0.1) is 0 Å². The molecule has 0 aliphatic carbocycles. The summed E-state index contributed by atoms with van der Waals surface area (Å²) in [6.45, 7) is 1.67. The van der Waals surface area contributed by atoms with Gasteiger partial charge in [-0.05, 0) is 43.3 Å². The smallest absolute Gasteiger partial charge is 0.173 e. The summed E-state index contributed by atoms with van der Waals surface area (Å²) in [5.41, 5.74) is 3.80. The molecule has 0 aliphatic rings. The lowest BCUT2D eigenvalue weighted by molar-refractivity contribution is 0.236. The molecule has 0 bridgehead atoms. The maximum atomic E-state index is 9.34. The van der Waals surface area contributed by atoms with E-state index in [1.165, 1.54) is 0 Å². The molecule has 8 nitrogen and oxygen atoms in total. The lowest BCUT2D eigenvalue weighted by atomic mass is 10.2. The largest absolute Gasteiger partial charge is 0.497 e. The SMILES string of the molecule is COc1ccc(N=C(NO)/C(C)=N/N=C/c2ccc(OC)cc2OC)cc1. The predicted molar refractivity (Wildman–Crippen MR) is 105 cm³/mol. The third-order valence-electron chi connectivity index (χ3n) is 3.61. The summed E-state index contributed by atoms with van der Waals surface area (Å²) in [5.74, 6) is 2.19. The van der Waals surface area contributed by atoms with Gasteiger partial charge in [0, 0.05) is 11.6 Å². The summed E-state index contributed by atoms with van der Waals surface area (Å²) < 4.78 is 15.6. The van der Waals surface area contributed by atoms with E-state index in [4.69, 9.17) is 14.2 Å². The van der Waals surface area contributed by atoms with E-state index in [-0.39, 0.29) is 5.84 Å². The number of rotatable bonds is 7. The summed E-state index contributed by atoms with van der Waals surface area (Å²) in [6.07, 6.45) is 1.55. The van der Waals surface area contributed by atoms with Crippen LogP contribution < -0.4 is 19.7 Å². The highest BCUT2D eigenvalue weighted by Gasteiger charge is 2.05. The van der Waals surface area contributed by atoms with Crippen LogP contribution in [0.25, 0.3) is 0 Å². The molecule has 0 unspecified atom stereocenters. The Morgan fingerprint density at radius 3 is 2.22 bits per heavy atom. The Morgan fingerprint density at radius 2 is 1.63 bits per heavy atom. The number of hydroxylamine groups is 1. The average molecular weight is 370 g/mol. The van der Waals surface area contributed by atoms with Gasteiger partial charge in [0.25, 0.3) is 0 Å². The van der Waals surface area contributed by atoms with Crippen LogP contribution in [0.5, 0.6) is 17.2 Å². The molecular formula is C19H22N4O4. The molecule has 0 aromatic heterocycles. The van der Waals surface area contributed by atoms with Gasteiger partial charge in [-0.25, -0.2) is 4.99 Å². The van der Waals surface area contributed by atoms with Crippen LogP contribution in [0.2, 0.25) is 0 Å². The summed E-state index contributed by atoms with van der Waals surface area (Å²) in [6, 6.07) is 12.4. The fraction of sp³-hybridized carbons (Fsp3) is 0.211. The van der Waals surface area contributed by atoms with Crippen LogP contribution in [0.4, 0.5) is 5.69 Å². The average Bonchev–Trinajstić information content (AvgIpc) is 2.72. The zero-order valence-corrected chi connectivity index (χ0v) is 15.6. The van der Waals surface area contributed by atoms with Crippen molar-refractivity contribution < 1.29 is 19.4 Å². The van der Waals surface area contributed by atoms with Crippen molar-refractivity contribution in [1.82, 2.24) is 5.48 Å². The van der Waals surface area contributed by atoms with Crippen molar-refractivity contribution in [2.75, 3.05) is 21.3 Å². The van der Waals surface area contributed by atoms with Gasteiger partial charge in [0.1, 0.15) is 23.0 Å². The summed E-state index contributed by atoms with van der Waals surface area (Å²) in [5, 5.41) is 17.4. The minimum absolute atomic E-state index is 0.180. The fourth-order valence-corrected chi connectivity index (χ4v) is 2.12. The highest BCUT2D eigenvalue weighted by molar-refractivity contribution is 6.40. The third-order valence-corrected chi connectivity index (χ3v) is 3.61. The van der Waals surface area contributed by atoms with Crippen molar-refractivity contribution in [3.05, 3.63) is 48.0 Å². The number of hydrogen-bond acceptors (Lipinski definition) is 7. The molecule has 0 saturated carbocycles. The van der Waals surface area contributed by atoms with Gasteiger partial charge in [0.2, 0.25) is 0 Å². The van der Waals surface area contributed by atoms with Crippen molar-refractivity contribution in [2.24, 2.45) is 15.2 Å². The normalized spacial score (nSPS) is 12.2. The Balaban J connectivity index is 2.18. The molecule has 2 aromatic rings. The first-order valence-electron chi connectivity index (χ1n) is 8.04. The van der Waals surface area contributed by atoms with Crippen molar-refractivity contribution in [3.63, 3.8) is 0 Å². The molecule has 8 heteroatoms. The van der Waals surface area contributed by atoms with E-state index in [2.05, 4.69) is 15.2 Å². The van der Waals surface area contributed by atoms with Gasteiger partial charge in [-0.1, -0.05) is 0 Å². The number of aliphatic imine (C=N–C) groups is 1. The highest BCUT2D eigenvalue weighted by Crippen LogP contribution is 2.23. The monoisotopic (exact) mass is 370 g/mol. The molecular weight excluding hydrogens is 348 g/mol. The standard InChI is InChI=1S/C19H22N4O4/c1-13(19(23-24)21-15-6-9-16(25-2)10-7-15)22-20-12-14-5-8-17(26-3)11-18(14)27-4/h5-12,24H,1-4H3,(H,21,23)/b20-12+,22-13+. The van der Waals surface area contributed by atoms with E-state index in [1.54, 1.807) is 70.9 Å². The van der Waals surface area contributed by atoms with Crippen LogP contribution in [0.15, 0.2) is 57.7 Å². The highest BCUT2D eigenvalue weighted by atomic mass is 16.5. The minimum Gasteiger partial charge on any atom is -0.497 e. The van der Waals surface area contributed by atoms with Crippen LogP contribution in [0.1, 0.15) is 12.5 Å². The second-order valence-electron chi connectivity index (χ2n) is 5.31. The van der Waals surface area contributed by atoms with E-state index in [0.717, 1.165) is 11.3 Å². The Hall–Kier alpha value is -3.39. The molecule has 0 spiro atoms. The summed E-state index contributed by atoms with van der Waals surface area (Å²) >= 11 is 0. The summed E-state index contributed by atoms with van der Waals surface area (Å²) in [7, 11) is 4.74. The van der Waals surface area contributed by atoms with Crippen LogP contribution in [-0.4, -0.2) is 44.3 Å². The molecule has 0 radical (unpaired) electrons. The zero-order valence-electron chi connectivity index (χ0n) is 15.6. The molecule has 0 fully saturated rings. The molecule has 27 heavy (non-hydrogen) atoms. The lowest BCUT2D eigenvalue weighted by Crippen LogP contribution is -2.26. The number of nitrogens with one attached hydrogen (secondary N) is 1. The van der Waals surface area contributed by atoms with Crippen LogP contribution >= 0.6 is 0 Å². The second kappa shape index (κ2) is 9.93. The molecule has 0 amide bonds. The Bertz CT molecular complexity index is 845. The molecule has 2 rings (SSSR count). The molecule has 0 saturated heterocycles. The number of hydrogen-bond donors (Lipinski definition) is 2. The fourth-order valence-electron chi connectivity index (χ4n) is 2.12. The van der Waals surface area contributed by atoms with Crippen LogP contribution in [0.3, 0.4) is 0 Å². The molecule has 2 aromatic carbocycles. The Morgan fingerprint density at radius 1 is 0.963 bits per heavy atom. The Kier molecular flexibility index (Phi) is 7.33. The van der Waals surface area contributed by atoms with Gasteiger partial charge in [0.15, 0.2) is 5.84 Å². The van der Waals surface area contributed by atoms with Gasteiger partial charge in [-0.3, -0.25) is 10.7 Å². The van der Waals surface area contributed by atoms with E-state index in [9.17, 15) is 5.21 Å². The quantitative estimate of drug-likeness (QED) is 0.443. The van der Waals surface area contributed by atoms with E-state index < -0.39 is 0 Å². The zero-order chi connectivity index (χ0) is 19.6. The summed E-state index contributed by atoms with van der Waals surface area (Å²) in [4.78, 5) is 4.29. The number of ether oxygens (including phenoxy) is 3. The second-order valence-corrected chi connectivity index (χ2v) is 5.31. The molecule has 0 heterocycles. The van der Waals surface area contributed by atoms with Gasteiger partial charge >= 0.3 is 0 Å². The van der Waals surface area contributed by atoms with Crippen molar-refractivity contribution >= 4 is 23.4 Å². The maximum absolute atomic E-state index is 9.34. The maximum Gasteiger partial charge on any atom is 0.173 e. The lowest BCUT2D eigenvalue weighted by Gasteiger charge is -2.06. The Labute approximate surface area is 157 Å². The number of nitrogens with zero attached hydrogens (tertiary/aromatic N) is 3. The number of benzene rings is 2. The topological polar surface area (TPSA) is 97.0 Å². The van der Waals surface area contributed by atoms with Gasteiger partial charge in [-0.2, -0.15) is 10.2 Å². The third kappa shape index (κ3) is 5.55. The molecule has 2 N–H and O–H groups in total. The first-order chi connectivity index (χ1) is 13.1. The molecule has 0 aliphatic heterocycles. The first-order valence-corrected chi connectivity index (χ1v) is 8.04. The minimum atomic E-state index is 0.180. The van der Waals surface area contributed by atoms with Crippen molar-refractivity contribution in [2.45, 2.75) is 6.92 Å². The first kappa shape index (κ1) is 19.9. The molecule has 142 valence electrons. The molecule has 0 atom stereocenters. The van der Waals surface area contributed by atoms with Gasteiger partial charge < -0.3 is 14.2 Å². The van der Waals surface area contributed by atoms with Crippen LogP contribution in [-0.2, 0) is 0 Å². The number of amidine groups is 1. The number of methoxy groups -OCH3 is 3. The van der Waals surface area contributed by atoms with Gasteiger partial charge in [0.05, 0.1) is 33.2 Å². The van der Waals surface area contributed by atoms with Gasteiger partial charge in [-0.15, -0.1) is 0 Å².